The number of aryl methyl sites for hydroxylation is 1. The number of ether oxygens (including phenoxy) is 1. The molecule has 2 aliphatic heterocycles. The zero-order valence-electron chi connectivity index (χ0n) is 16.2. The highest BCUT2D eigenvalue weighted by atomic mass is 16.5. The summed E-state index contributed by atoms with van der Waals surface area (Å²) in [5, 5.41) is 6.97. The number of hydrogen-bond acceptors (Lipinski definition) is 4. The largest absolute Gasteiger partial charge is 0.385 e. The third kappa shape index (κ3) is 4.84. The molecule has 0 unspecified atom stereocenters. The van der Waals surface area contributed by atoms with Gasteiger partial charge in [-0.05, 0) is 56.7 Å². The smallest absolute Gasteiger partial charge is 0.240 e. The zero-order valence-corrected chi connectivity index (χ0v) is 16.2. The van der Waals surface area contributed by atoms with Crippen LogP contribution in [0.1, 0.15) is 36.8 Å². The van der Waals surface area contributed by atoms with Gasteiger partial charge in [-0.2, -0.15) is 0 Å². The molecule has 2 saturated heterocycles. The van der Waals surface area contributed by atoms with E-state index in [1.54, 1.807) is 7.11 Å². The van der Waals surface area contributed by atoms with Crippen molar-refractivity contribution < 1.29 is 9.53 Å². The third-order valence-corrected chi connectivity index (χ3v) is 5.91. The van der Waals surface area contributed by atoms with E-state index >= 15 is 0 Å². The lowest BCUT2D eigenvalue weighted by Gasteiger charge is -2.33. The first-order chi connectivity index (χ1) is 12.6. The molecule has 0 aliphatic carbocycles. The molecule has 5 nitrogen and oxygen atoms in total. The number of methoxy groups -OCH3 is 1. The molecular weight excluding hydrogens is 326 g/mol. The molecule has 1 aromatic carbocycles. The maximum absolute atomic E-state index is 13.2. The average molecular weight is 360 g/mol. The zero-order chi connectivity index (χ0) is 18.4. The maximum Gasteiger partial charge on any atom is 0.240 e. The lowest BCUT2D eigenvalue weighted by Crippen LogP contribution is -2.44. The van der Waals surface area contributed by atoms with Gasteiger partial charge in [0.25, 0.3) is 0 Å². The molecule has 0 aromatic heterocycles. The van der Waals surface area contributed by atoms with E-state index in [2.05, 4.69) is 41.8 Å². The van der Waals surface area contributed by atoms with Gasteiger partial charge in [0, 0.05) is 33.4 Å². The maximum atomic E-state index is 13.2. The number of piperidine rings is 1. The normalized spacial score (nSPS) is 21.8. The summed E-state index contributed by atoms with van der Waals surface area (Å²) in [6.07, 6.45) is 4.19. The Balaban J connectivity index is 1.64. The van der Waals surface area contributed by atoms with Crippen LogP contribution in [0.2, 0.25) is 0 Å². The van der Waals surface area contributed by atoms with Gasteiger partial charge in [-0.3, -0.25) is 4.79 Å². The van der Waals surface area contributed by atoms with Crippen molar-refractivity contribution in [2.75, 3.05) is 39.9 Å². The number of amides is 1. The second kappa shape index (κ2) is 8.98. The van der Waals surface area contributed by atoms with Crippen LogP contribution in [-0.2, 0) is 16.1 Å². The second-order valence-corrected chi connectivity index (χ2v) is 7.98. The van der Waals surface area contributed by atoms with Crippen LogP contribution in [-0.4, -0.2) is 56.7 Å². The van der Waals surface area contributed by atoms with Crippen molar-refractivity contribution in [2.45, 2.75) is 45.2 Å². The van der Waals surface area contributed by atoms with Crippen molar-refractivity contribution in [1.29, 1.82) is 0 Å². The van der Waals surface area contributed by atoms with Crippen LogP contribution < -0.4 is 10.6 Å². The first kappa shape index (κ1) is 19.3. The molecule has 0 radical (unpaired) electrons. The summed E-state index contributed by atoms with van der Waals surface area (Å²) in [5.74, 6) is 0.247. The number of rotatable bonds is 7. The number of hydrogen-bond donors (Lipinski definition) is 2. The molecule has 1 spiro atoms. The Labute approximate surface area is 157 Å². The topological polar surface area (TPSA) is 53.6 Å². The quantitative estimate of drug-likeness (QED) is 0.732. The fraction of sp³-hybridized carbons (Fsp3) is 0.667. The lowest BCUT2D eigenvalue weighted by atomic mass is 9.77. The predicted molar refractivity (Wildman–Crippen MR) is 104 cm³/mol. The Bertz CT molecular complexity index is 581. The average Bonchev–Trinajstić information content (AvgIpc) is 3.06. The summed E-state index contributed by atoms with van der Waals surface area (Å²) in [6.45, 7) is 7.31. The molecule has 0 bridgehead atoms. The van der Waals surface area contributed by atoms with Crippen LogP contribution >= 0.6 is 0 Å². The number of nitrogens with zero attached hydrogens (tertiary/aromatic N) is 1. The molecule has 1 atom stereocenters. The summed E-state index contributed by atoms with van der Waals surface area (Å²) in [4.78, 5) is 15.3. The van der Waals surface area contributed by atoms with Crippen LogP contribution in [0.5, 0.6) is 0 Å². The Morgan fingerprint density at radius 1 is 1.27 bits per heavy atom. The van der Waals surface area contributed by atoms with Gasteiger partial charge in [-0.1, -0.05) is 29.8 Å². The Morgan fingerprint density at radius 2 is 2.00 bits per heavy atom. The number of nitrogens with one attached hydrogen (secondary N) is 2. The molecule has 2 fully saturated rings. The SMILES string of the molecule is COCCCN(Cc1ccc(C)cc1)C(=O)[C@H]1CC2(CCNCC2)CN1. The third-order valence-electron chi connectivity index (χ3n) is 5.91. The van der Waals surface area contributed by atoms with Crippen molar-refractivity contribution in [3.8, 4) is 0 Å². The van der Waals surface area contributed by atoms with E-state index in [1.807, 2.05) is 4.90 Å². The minimum Gasteiger partial charge on any atom is -0.385 e. The Morgan fingerprint density at radius 3 is 2.69 bits per heavy atom. The van der Waals surface area contributed by atoms with Gasteiger partial charge in [0.2, 0.25) is 5.91 Å². The van der Waals surface area contributed by atoms with Crippen LogP contribution in [0.3, 0.4) is 0 Å². The number of benzene rings is 1. The van der Waals surface area contributed by atoms with E-state index in [-0.39, 0.29) is 11.9 Å². The molecular formula is C21H33N3O2. The summed E-state index contributed by atoms with van der Waals surface area (Å²) < 4.78 is 5.19. The van der Waals surface area contributed by atoms with Crippen molar-refractivity contribution in [1.82, 2.24) is 15.5 Å². The van der Waals surface area contributed by atoms with Gasteiger partial charge in [0.15, 0.2) is 0 Å². The van der Waals surface area contributed by atoms with Gasteiger partial charge in [0.1, 0.15) is 0 Å². The molecule has 2 N–H and O–H groups in total. The lowest BCUT2D eigenvalue weighted by molar-refractivity contribution is -0.134. The van der Waals surface area contributed by atoms with E-state index in [9.17, 15) is 4.79 Å². The standard InChI is InChI=1S/C21H33N3O2/c1-17-4-6-18(7-5-17)15-24(12-3-13-26-2)20(25)19-14-21(16-23-19)8-10-22-11-9-21/h4-7,19,22-23H,3,8-16H2,1-2H3/t19-/m1/s1. The van der Waals surface area contributed by atoms with Gasteiger partial charge >= 0.3 is 0 Å². The molecule has 26 heavy (non-hydrogen) atoms. The molecule has 144 valence electrons. The van der Waals surface area contributed by atoms with E-state index in [0.29, 0.717) is 18.6 Å². The Hall–Kier alpha value is -1.43. The van der Waals surface area contributed by atoms with Crippen LogP contribution in [0, 0.1) is 12.3 Å². The monoisotopic (exact) mass is 359 g/mol. The fourth-order valence-corrected chi connectivity index (χ4v) is 4.23. The van der Waals surface area contributed by atoms with Gasteiger partial charge in [-0.25, -0.2) is 0 Å². The molecule has 1 aromatic rings. The summed E-state index contributed by atoms with van der Waals surface area (Å²) in [5.41, 5.74) is 2.75. The van der Waals surface area contributed by atoms with E-state index in [4.69, 9.17) is 4.74 Å². The molecule has 2 heterocycles. The summed E-state index contributed by atoms with van der Waals surface area (Å²) in [6, 6.07) is 8.45. The highest BCUT2D eigenvalue weighted by molar-refractivity contribution is 5.82. The highest BCUT2D eigenvalue weighted by Gasteiger charge is 2.43. The van der Waals surface area contributed by atoms with Crippen LogP contribution in [0.15, 0.2) is 24.3 Å². The van der Waals surface area contributed by atoms with E-state index in [0.717, 1.165) is 39.0 Å². The second-order valence-electron chi connectivity index (χ2n) is 7.98. The van der Waals surface area contributed by atoms with E-state index in [1.165, 1.54) is 24.0 Å². The van der Waals surface area contributed by atoms with Crippen molar-refractivity contribution in [2.24, 2.45) is 5.41 Å². The minimum absolute atomic E-state index is 0.0407. The molecule has 1 amide bonds. The highest BCUT2D eigenvalue weighted by Crippen LogP contribution is 2.37. The summed E-state index contributed by atoms with van der Waals surface area (Å²) >= 11 is 0. The van der Waals surface area contributed by atoms with E-state index < -0.39 is 0 Å². The molecule has 3 rings (SSSR count). The van der Waals surface area contributed by atoms with Crippen LogP contribution in [0.25, 0.3) is 0 Å². The fourth-order valence-electron chi connectivity index (χ4n) is 4.23. The van der Waals surface area contributed by atoms with Crippen molar-refractivity contribution >= 4 is 5.91 Å². The minimum atomic E-state index is -0.0407. The van der Waals surface area contributed by atoms with Gasteiger partial charge in [0.05, 0.1) is 6.04 Å². The van der Waals surface area contributed by atoms with Gasteiger partial charge in [-0.15, -0.1) is 0 Å². The number of carbonyl (C=O) groups excluding carboxylic acids is 1. The predicted octanol–water partition coefficient (Wildman–Crippen LogP) is 2.09. The molecule has 0 saturated carbocycles. The first-order valence-corrected chi connectivity index (χ1v) is 9.89. The molecule has 5 heteroatoms. The van der Waals surface area contributed by atoms with Crippen molar-refractivity contribution in [3.63, 3.8) is 0 Å². The Kier molecular flexibility index (Phi) is 6.68. The molecule has 2 aliphatic rings. The van der Waals surface area contributed by atoms with Gasteiger partial charge < -0.3 is 20.3 Å². The first-order valence-electron chi connectivity index (χ1n) is 9.89. The van der Waals surface area contributed by atoms with Crippen LogP contribution in [0.4, 0.5) is 0 Å². The van der Waals surface area contributed by atoms with Crippen molar-refractivity contribution in [3.05, 3.63) is 35.4 Å². The summed E-state index contributed by atoms with van der Waals surface area (Å²) in [7, 11) is 1.71. The number of carbonyl (C=O) groups is 1.